The highest BCUT2D eigenvalue weighted by Gasteiger charge is 2.21. The standard InChI is InChI=1S/C19H19ClN4O2S/c1-12(18(26)23-19-22-15-8-3-4-9-16(15)27-19)24(2)11-17(25)21-14-7-5-6-13(20)10-14/h3-10,12H,11H2,1-2H3,(H,21,25)(H,22,23,26). The molecule has 3 rings (SSSR count). The minimum Gasteiger partial charge on any atom is -0.325 e. The molecule has 0 saturated heterocycles. The van der Waals surface area contributed by atoms with Crippen molar-refractivity contribution in [3.8, 4) is 0 Å². The second-order valence-electron chi connectivity index (χ2n) is 6.13. The maximum Gasteiger partial charge on any atom is 0.243 e. The Bertz CT molecular complexity index is 942. The Kier molecular flexibility index (Phi) is 6.05. The van der Waals surface area contributed by atoms with Crippen LogP contribution >= 0.6 is 22.9 Å². The van der Waals surface area contributed by atoms with Gasteiger partial charge < -0.3 is 10.6 Å². The minimum atomic E-state index is -0.498. The maximum absolute atomic E-state index is 12.5. The van der Waals surface area contributed by atoms with E-state index in [0.29, 0.717) is 15.8 Å². The number of para-hydroxylation sites is 1. The Morgan fingerprint density at radius 2 is 1.96 bits per heavy atom. The highest BCUT2D eigenvalue weighted by molar-refractivity contribution is 7.22. The number of nitrogens with one attached hydrogen (secondary N) is 2. The molecule has 1 atom stereocenters. The Labute approximate surface area is 166 Å². The van der Waals surface area contributed by atoms with Gasteiger partial charge in [-0.05, 0) is 44.3 Å². The van der Waals surface area contributed by atoms with Crippen molar-refractivity contribution in [2.75, 3.05) is 24.2 Å². The molecular weight excluding hydrogens is 384 g/mol. The van der Waals surface area contributed by atoms with Crippen LogP contribution in [0.5, 0.6) is 0 Å². The molecule has 0 aliphatic heterocycles. The number of benzene rings is 2. The van der Waals surface area contributed by atoms with Crippen LogP contribution in [-0.4, -0.2) is 41.3 Å². The number of aromatic nitrogens is 1. The van der Waals surface area contributed by atoms with Crippen molar-refractivity contribution < 1.29 is 9.59 Å². The number of thiazole rings is 1. The van der Waals surface area contributed by atoms with Crippen LogP contribution in [-0.2, 0) is 9.59 Å². The molecule has 1 heterocycles. The highest BCUT2D eigenvalue weighted by atomic mass is 35.5. The van der Waals surface area contributed by atoms with Gasteiger partial charge in [0.1, 0.15) is 0 Å². The second-order valence-corrected chi connectivity index (χ2v) is 7.59. The molecule has 2 aromatic carbocycles. The Balaban J connectivity index is 1.56. The average Bonchev–Trinajstić information content (AvgIpc) is 3.03. The normalized spacial score (nSPS) is 12.1. The zero-order chi connectivity index (χ0) is 19.4. The van der Waals surface area contributed by atoms with Gasteiger partial charge in [-0.2, -0.15) is 0 Å². The molecule has 0 aliphatic rings. The summed E-state index contributed by atoms with van der Waals surface area (Å²) in [5.41, 5.74) is 1.46. The smallest absolute Gasteiger partial charge is 0.243 e. The highest BCUT2D eigenvalue weighted by Crippen LogP contribution is 2.25. The Morgan fingerprint density at radius 1 is 1.19 bits per heavy atom. The summed E-state index contributed by atoms with van der Waals surface area (Å²) in [4.78, 5) is 30.7. The summed E-state index contributed by atoms with van der Waals surface area (Å²) < 4.78 is 1.01. The molecule has 0 aliphatic carbocycles. The fraction of sp³-hybridized carbons (Fsp3) is 0.211. The molecule has 8 heteroatoms. The maximum atomic E-state index is 12.5. The first-order chi connectivity index (χ1) is 12.9. The van der Waals surface area contributed by atoms with E-state index in [0.717, 1.165) is 10.2 Å². The van der Waals surface area contributed by atoms with E-state index in [2.05, 4.69) is 15.6 Å². The van der Waals surface area contributed by atoms with Gasteiger partial charge in [0.25, 0.3) is 0 Å². The van der Waals surface area contributed by atoms with Gasteiger partial charge in [-0.1, -0.05) is 41.1 Å². The van der Waals surface area contributed by atoms with Gasteiger partial charge in [-0.25, -0.2) is 4.98 Å². The summed E-state index contributed by atoms with van der Waals surface area (Å²) >= 11 is 7.33. The second kappa shape index (κ2) is 8.47. The number of anilines is 2. The molecule has 0 fully saturated rings. The van der Waals surface area contributed by atoms with Crippen molar-refractivity contribution in [2.45, 2.75) is 13.0 Å². The number of halogens is 1. The monoisotopic (exact) mass is 402 g/mol. The first-order valence-corrected chi connectivity index (χ1v) is 9.54. The van der Waals surface area contributed by atoms with E-state index < -0.39 is 6.04 Å². The van der Waals surface area contributed by atoms with E-state index in [1.165, 1.54) is 11.3 Å². The van der Waals surface area contributed by atoms with Gasteiger partial charge >= 0.3 is 0 Å². The number of hydrogen-bond acceptors (Lipinski definition) is 5. The van der Waals surface area contributed by atoms with Crippen LogP contribution in [0.3, 0.4) is 0 Å². The first kappa shape index (κ1) is 19.3. The summed E-state index contributed by atoms with van der Waals surface area (Å²) in [7, 11) is 1.72. The van der Waals surface area contributed by atoms with Gasteiger partial charge in [-0.3, -0.25) is 14.5 Å². The topological polar surface area (TPSA) is 74.3 Å². The van der Waals surface area contributed by atoms with E-state index >= 15 is 0 Å². The molecular formula is C19H19ClN4O2S. The van der Waals surface area contributed by atoms with E-state index in [9.17, 15) is 9.59 Å². The van der Waals surface area contributed by atoms with Crippen molar-refractivity contribution >= 4 is 55.8 Å². The molecule has 6 nitrogen and oxygen atoms in total. The number of carbonyl (C=O) groups is 2. The molecule has 2 amide bonds. The summed E-state index contributed by atoms with van der Waals surface area (Å²) in [5.74, 6) is -0.438. The molecule has 0 radical (unpaired) electrons. The van der Waals surface area contributed by atoms with Crippen LogP contribution in [0.25, 0.3) is 10.2 Å². The van der Waals surface area contributed by atoms with Crippen LogP contribution in [0, 0.1) is 0 Å². The van der Waals surface area contributed by atoms with Gasteiger partial charge in [0.15, 0.2) is 5.13 Å². The van der Waals surface area contributed by atoms with Gasteiger partial charge in [0.05, 0.1) is 22.8 Å². The number of likely N-dealkylation sites (N-methyl/N-ethyl adjacent to an activating group) is 1. The fourth-order valence-corrected chi connectivity index (χ4v) is 3.52. The molecule has 1 unspecified atom stereocenters. The van der Waals surface area contributed by atoms with Crippen LogP contribution < -0.4 is 10.6 Å². The van der Waals surface area contributed by atoms with E-state index in [4.69, 9.17) is 11.6 Å². The number of rotatable bonds is 6. The van der Waals surface area contributed by atoms with Crippen molar-refractivity contribution in [2.24, 2.45) is 0 Å². The van der Waals surface area contributed by atoms with E-state index in [1.54, 1.807) is 43.1 Å². The predicted octanol–water partition coefficient (Wildman–Crippen LogP) is 3.85. The largest absolute Gasteiger partial charge is 0.325 e. The van der Waals surface area contributed by atoms with Gasteiger partial charge in [0.2, 0.25) is 11.8 Å². The molecule has 140 valence electrons. The molecule has 0 spiro atoms. The number of fused-ring (bicyclic) bond motifs is 1. The fourth-order valence-electron chi connectivity index (χ4n) is 2.47. The predicted molar refractivity (Wildman–Crippen MR) is 110 cm³/mol. The number of amides is 2. The average molecular weight is 403 g/mol. The summed E-state index contributed by atoms with van der Waals surface area (Å²) in [6.45, 7) is 1.82. The summed E-state index contributed by atoms with van der Waals surface area (Å²) in [6.07, 6.45) is 0. The lowest BCUT2D eigenvalue weighted by Crippen LogP contribution is -2.43. The van der Waals surface area contributed by atoms with Crippen LogP contribution in [0.15, 0.2) is 48.5 Å². The van der Waals surface area contributed by atoms with Crippen molar-refractivity contribution in [1.29, 1.82) is 0 Å². The molecule has 2 N–H and O–H groups in total. The van der Waals surface area contributed by atoms with Crippen molar-refractivity contribution in [3.63, 3.8) is 0 Å². The Hall–Kier alpha value is -2.48. The SMILES string of the molecule is CC(C(=O)Nc1nc2ccccc2s1)N(C)CC(=O)Nc1cccc(Cl)c1. The lowest BCUT2D eigenvalue weighted by molar-refractivity contribution is -0.122. The van der Waals surface area contributed by atoms with Gasteiger partial charge in [0, 0.05) is 10.7 Å². The Morgan fingerprint density at radius 3 is 2.70 bits per heavy atom. The van der Waals surface area contributed by atoms with Crippen LogP contribution in [0.4, 0.5) is 10.8 Å². The summed E-state index contributed by atoms with van der Waals surface area (Å²) in [6, 6.07) is 14.1. The van der Waals surface area contributed by atoms with Crippen molar-refractivity contribution in [3.05, 3.63) is 53.6 Å². The van der Waals surface area contributed by atoms with Crippen LogP contribution in [0.2, 0.25) is 5.02 Å². The molecule has 27 heavy (non-hydrogen) atoms. The van der Waals surface area contributed by atoms with Crippen molar-refractivity contribution in [1.82, 2.24) is 9.88 Å². The third-order valence-electron chi connectivity index (χ3n) is 4.07. The third kappa shape index (κ3) is 5.03. The molecule has 0 saturated carbocycles. The first-order valence-electron chi connectivity index (χ1n) is 8.34. The number of nitrogens with zero attached hydrogens (tertiary/aromatic N) is 2. The zero-order valence-corrected chi connectivity index (χ0v) is 16.5. The molecule has 0 bridgehead atoms. The molecule has 1 aromatic heterocycles. The quantitative estimate of drug-likeness (QED) is 0.656. The number of hydrogen-bond donors (Lipinski definition) is 2. The lowest BCUT2D eigenvalue weighted by atomic mass is 10.2. The molecule has 3 aromatic rings. The summed E-state index contributed by atoms with van der Waals surface area (Å²) in [5, 5.41) is 6.68. The minimum absolute atomic E-state index is 0.0704. The zero-order valence-electron chi connectivity index (χ0n) is 14.9. The van der Waals surface area contributed by atoms with E-state index in [-0.39, 0.29) is 18.4 Å². The van der Waals surface area contributed by atoms with E-state index in [1.807, 2.05) is 24.3 Å². The van der Waals surface area contributed by atoms with Gasteiger partial charge in [-0.15, -0.1) is 0 Å². The third-order valence-corrected chi connectivity index (χ3v) is 5.25. The number of carbonyl (C=O) groups excluding carboxylic acids is 2. The lowest BCUT2D eigenvalue weighted by Gasteiger charge is -2.22. The van der Waals surface area contributed by atoms with Crippen LogP contribution in [0.1, 0.15) is 6.92 Å².